The number of aliphatic hydroxyl groups is 2. The molecule has 4 unspecified atom stereocenters. The van der Waals surface area contributed by atoms with Gasteiger partial charge in [0.2, 0.25) is 5.91 Å². The van der Waals surface area contributed by atoms with Crippen molar-refractivity contribution >= 4 is 13.7 Å². The Hall–Kier alpha value is -1.58. The number of hydrogen-bond donors (Lipinski definition) is 5. The maximum absolute atomic E-state index is 12.7. The van der Waals surface area contributed by atoms with Crippen LogP contribution in [0, 0.1) is 0 Å². The Labute approximate surface area is 299 Å². The van der Waals surface area contributed by atoms with Crippen molar-refractivity contribution in [3.8, 4) is 0 Å². The van der Waals surface area contributed by atoms with Crippen LogP contribution in [-0.2, 0) is 18.4 Å². The minimum Gasteiger partial charge on any atom is -0.393 e. The fourth-order valence-corrected chi connectivity index (χ4v) is 5.95. The molecule has 1 amide bonds. The van der Waals surface area contributed by atoms with Gasteiger partial charge in [0.15, 0.2) is 0 Å². The number of nitrogens with one attached hydrogen (secondary N) is 1. The monoisotopic (exact) mass is 713 g/mol. The number of rotatable bonds is 35. The highest BCUT2D eigenvalue weighted by molar-refractivity contribution is 7.47. The maximum Gasteiger partial charge on any atom is 0.472 e. The van der Waals surface area contributed by atoms with Crippen molar-refractivity contribution in [2.24, 2.45) is 5.73 Å². The number of amides is 1. The molecule has 0 aliphatic rings. The third kappa shape index (κ3) is 33.3. The summed E-state index contributed by atoms with van der Waals surface area (Å²) in [5.74, 6) is -0.478. The van der Waals surface area contributed by atoms with Gasteiger partial charge in [-0.3, -0.25) is 13.8 Å². The molecule has 49 heavy (non-hydrogen) atoms. The second kappa shape index (κ2) is 34.9. The smallest absolute Gasteiger partial charge is 0.393 e. The van der Waals surface area contributed by atoms with E-state index in [1.807, 2.05) is 6.08 Å². The standard InChI is InChI=1S/C39H73N2O7P/c1-3-5-7-9-11-13-14-15-16-17-18-19-20-21-22-23-25-27-29-31-38(43)37(35-48-49(45,46)47-33-32-40)41-39(44)34-36(42)30-28-26-24-12-10-8-6-4-2/h10,12,18-19,22-23,29,31,36-38,42-43H,3-9,11,13-17,20-21,24-28,30,32-35,40H2,1-2H3,(H,41,44)(H,45,46)/b12-10-,19-18+,23-22+,31-29+. The van der Waals surface area contributed by atoms with Crippen molar-refractivity contribution in [3.63, 3.8) is 0 Å². The van der Waals surface area contributed by atoms with Crippen molar-refractivity contribution in [2.75, 3.05) is 19.8 Å². The van der Waals surface area contributed by atoms with Crippen LogP contribution in [-0.4, -0.2) is 59.0 Å². The number of phosphoric ester groups is 1. The molecule has 9 nitrogen and oxygen atoms in total. The fraction of sp³-hybridized carbons (Fsp3) is 0.769. The molecule has 0 spiro atoms. The number of nitrogens with two attached hydrogens (primary N) is 1. The molecular formula is C39H73N2O7P. The summed E-state index contributed by atoms with van der Waals surface area (Å²) in [6, 6.07) is -1.01. The number of aliphatic hydroxyl groups excluding tert-OH is 2. The van der Waals surface area contributed by atoms with Gasteiger partial charge in [0.1, 0.15) is 0 Å². The van der Waals surface area contributed by atoms with E-state index in [0.717, 1.165) is 51.4 Å². The number of carbonyl (C=O) groups is 1. The lowest BCUT2D eigenvalue weighted by molar-refractivity contribution is -0.124. The highest BCUT2D eigenvalue weighted by atomic mass is 31.2. The van der Waals surface area contributed by atoms with Crippen LogP contribution >= 0.6 is 7.82 Å². The predicted molar refractivity (Wildman–Crippen MR) is 204 cm³/mol. The Morgan fingerprint density at radius 2 is 1.18 bits per heavy atom. The Morgan fingerprint density at radius 3 is 1.76 bits per heavy atom. The number of hydrogen-bond acceptors (Lipinski definition) is 7. The quantitative estimate of drug-likeness (QED) is 0.0248. The van der Waals surface area contributed by atoms with Crippen LogP contribution < -0.4 is 11.1 Å². The first-order chi connectivity index (χ1) is 23.8. The van der Waals surface area contributed by atoms with E-state index in [4.69, 9.17) is 14.8 Å². The van der Waals surface area contributed by atoms with Crippen LogP contribution in [0.3, 0.4) is 0 Å². The number of carbonyl (C=O) groups excluding carboxylic acids is 1. The summed E-state index contributed by atoms with van der Waals surface area (Å²) in [6.45, 7) is 3.84. The Bertz CT molecular complexity index is 925. The minimum atomic E-state index is -4.41. The van der Waals surface area contributed by atoms with E-state index >= 15 is 0 Å². The van der Waals surface area contributed by atoms with Gasteiger partial charge >= 0.3 is 7.82 Å². The normalized spacial score (nSPS) is 15.5. The summed E-state index contributed by atoms with van der Waals surface area (Å²) in [5, 5.41) is 23.8. The van der Waals surface area contributed by atoms with Gasteiger partial charge in [-0.25, -0.2) is 4.57 Å². The molecule has 0 aliphatic carbocycles. The van der Waals surface area contributed by atoms with Crippen LogP contribution in [0.4, 0.5) is 0 Å². The van der Waals surface area contributed by atoms with Crippen LogP contribution in [0.2, 0.25) is 0 Å². The molecule has 0 rings (SSSR count). The van der Waals surface area contributed by atoms with Gasteiger partial charge in [0.25, 0.3) is 0 Å². The molecule has 0 heterocycles. The molecule has 0 aromatic carbocycles. The largest absolute Gasteiger partial charge is 0.472 e. The fourth-order valence-electron chi connectivity index (χ4n) is 5.19. The molecule has 0 aromatic rings. The number of allylic oxidation sites excluding steroid dienone is 7. The summed E-state index contributed by atoms with van der Waals surface area (Å²) >= 11 is 0. The van der Waals surface area contributed by atoms with Gasteiger partial charge in [0, 0.05) is 6.54 Å². The molecule has 4 atom stereocenters. The van der Waals surface area contributed by atoms with Gasteiger partial charge in [0.05, 0.1) is 37.9 Å². The van der Waals surface area contributed by atoms with Crippen molar-refractivity contribution < 1.29 is 33.5 Å². The average Bonchev–Trinajstić information content (AvgIpc) is 3.07. The zero-order chi connectivity index (χ0) is 36.3. The first kappa shape index (κ1) is 47.4. The van der Waals surface area contributed by atoms with Crippen molar-refractivity contribution in [1.82, 2.24) is 5.32 Å². The minimum absolute atomic E-state index is 0.0387. The molecule has 286 valence electrons. The van der Waals surface area contributed by atoms with E-state index in [1.54, 1.807) is 6.08 Å². The summed E-state index contributed by atoms with van der Waals surface area (Å²) < 4.78 is 21.9. The second-order valence-corrected chi connectivity index (χ2v) is 14.4. The second-order valence-electron chi connectivity index (χ2n) is 12.9. The van der Waals surface area contributed by atoms with E-state index in [1.165, 1.54) is 70.6 Å². The maximum atomic E-state index is 12.7. The van der Waals surface area contributed by atoms with E-state index in [2.05, 4.69) is 55.6 Å². The zero-order valence-corrected chi connectivity index (χ0v) is 31.9. The van der Waals surface area contributed by atoms with Gasteiger partial charge < -0.3 is 26.2 Å². The zero-order valence-electron chi connectivity index (χ0n) is 31.0. The summed E-state index contributed by atoms with van der Waals surface area (Å²) in [5.41, 5.74) is 5.33. The molecule has 0 radical (unpaired) electrons. The molecule has 6 N–H and O–H groups in total. The molecule has 10 heteroatoms. The topological polar surface area (TPSA) is 151 Å². The lowest BCUT2D eigenvalue weighted by Gasteiger charge is -2.24. The van der Waals surface area contributed by atoms with Gasteiger partial charge in [-0.15, -0.1) is 0 Å². The Kier molecular flexibility index (Phi) is 33.7. The van der Waals surface area contributed by atoms with E-state index < -0.39 is 38.6 Å². The molecule has 0 bridgehead atoms. The van der Waals surface area contributed by atoms with Gasteiger partial charge in [-0.05, 0) is 64.2 Å². The number of phosphoric acid groups is 1. The van der Waals surface area contributed by atoms with Gasteiger partial charge in [-0.1, -0.05) is 133 Å². The van der Waals surface area contributed by atoms with Crippen LogP contribution in [0.1, 0.15) is 155 Å². The highest BCUT2D eigenvalue weighted by Crippen LogP contribution is 2.43. The van der Waals surface area contributed by atoms with Crippen molar-refractivity contribution in [2.45, 2.75) is 173 Å². The predicted octanol–water partition coefficient (Wildman–Crippen LogP) is 9.13. The average molecular weight is 713 g/mol. The van der Waals surface area contributed by atoms with Crippen LogP contribution in [0.25, 0.3) is 0 Å². The molecule has 0 aromatic heterocycles. The first-order valence-electron chi connectivity index (χ1n) is 19.3. The molecule has 0 fully saturated rings. The van der Waals surface area contributed by atoms with Crippen LogP contribution in [0.15, 0.2) is 48.6 Å². The Balaban J connectivity index is 4.49. The molecule has 0 saturated heterocycles. The van der Waals surface area contributed by atoms with Gasteiger partial charge in [-0.2, -0.15) is 0 Å². The molecule has 0 aliphatic heterocycles. The van der Waals surface area contributed by atoms with E-state index in [-0.39, 0.29) is 19.6 Å². The Morgan fingerprint density at radius 1 is 0.694 bits per heavy atom. The summed E-state index contributed by atoms with van der Waals surface area (Å²) in [6.07, 6.45) is 37.9. The molecule has 0 saturated carbocycles. The van der Waals surface area contributed by atoms with E-state index in [0.29, 0.717) is 12.8 Å². The highest BCUT2D eigenvalue weighted by Gasteiger charge is 2.27. The lowest BCUT2D eigenvalue weighted by atomic mass is 10.1. The van der Waals surface area contributed by atoms with Crippen LogP contribution in [0.5, 0.6) is 0 Å². The summed E-state index contributed by atoms with van der Waals surface area (Å²) in [7, 11) is -4.41. The molecular weight excluding hydrogens is 639 g/mol. The number of unbranched alkanes of at least 4 members (excludes halogenated alkanes) is 15. The third-order valence-corrected chi connectivity index (χ3v) is 9.14. The van der Waals surface area contributed by atoms with E-state index in [9.17, 15) is 24.5 Å². The van der Waals surface area contributed by atoms with Crippen molar-refractivity contribution in [1.29, 1.82) is 0 Å². The van der Waals surface area contributed by atoms with Crippen molar-refractivity contribution in [3.05, 3.63) is 48.6 Å². The summed E-state index contributed by atoms with van der Waals surface area (Å²) in [4.78, 5) is 22.6. The first-order valence-corrected chi connectivity index (χ1v) is 20.8. The SMILES string of the molecule is CCCC/C=C\CCCCC(O)CC(=O)NC(COP(=O)(O)OCCN)C(O)/C=C/CC/C=C/CC/C=C/CCCCCCCCCCC. The third-order valence-electron chi connectivity index (χ3n) is 8.16. The lowest BCUT2D eigenvalue weighted by Crippen LogP contribution is -2.46.